The van der Waals surface area contributed by atoms with Crippen molar-refractivity contribution in [2.24, 2.45) is 5.73 Å². The van der Waals surface area contributed by atoms with E-state index in [2.05, 4.69) is 0 Å². The summed E-state index contributed by atoms with van der Waals surface area (Å²) >= 11 is 0. The van der Waals surface area contributed by atoms with Crippen LogP contribution in [0.5, 0.6) is 11.5 Å². The van der Waals surface area contributed by atoms with Gasteiger partial charge in [0.2, 0.25) is 0 Å². The van der Waals surface area contributed by atoms with Crippen LogP contribution in [0.4, 0.5) is 0 Å². The number of nitrogens with two attached hydrogens (primary N) is 1. The highest BCUT2D eigenvalue weighted by Crippen LogP contribution is 2.30. The molecule has 0 heterocycles. The van der Waals surface area contributed by atoms with Crippen LogP contribution >= 0.6 is 0 Å². The first-order valence-corrected chi connectivity index (χ1v) is 4.75. The second-order valence-corrected chi connectivity index (χ2v) is 3.42. The van der Waals surface area contributed by atoms with Gasteiger partial charge in [-0.3, -0.25) is 0 Å². The standard InChI is InChI=1S/C11H17NO3/c1-7(12)11(13)8-4-5-9(14-2)10(6-8)15-3/h4-7,11,13H,12H2,1-3H3. The zero-order chi connectivity index (χ0) is 11.4. The summed E-state index contributed by atoms with van der Waals surface area (Å²) in [6, 6.07) is 4.94. The second kappa shape index (κ2) is 5.00. The molecule has 2 unspecified atom stereocenters. The highest BCUT2D eigenvalue weighted by Gasteiger charge is 2.14. The Morgan fingerprint density at radius 1 is 1.20 bits per heavy atom. The van der Waals surface area contributed by atoms with E-state index in [1.165, 1.54) is 0 Å². The fourth-order valence-electron chi connectivity index (χ4n) is 1.34. The Labute approximate surface area is 89.6 Å². The van der Waals surface area contributed by atoms with Crippen molar-refractivity contribution in [3.05, 3.63) is 23.8 Å². The number of benzene rings is 1. The predicted octanol–water partition coefficient (Wildman–Crippen LogP) is 1.08. The zero-order valence-corrected chi connectivity index (χ0v) is 9.23. The average molecular weight is 211 g/mol. The van der Waals surface area contributed by atoms with Gasteiger partial charge in [-0.05, 0) is 24.6 Å². The molecular formula is C11H17NO3. The van der Waals surface area contributed by atoms with E-state index in [9.17, 15) is 5.11 Å². The second-order valence-electron chi connectivity index (χ2n) is 3.42. The molecule has 0 amide bonds. The number of hydrogen-bond donors (Lipinski definition) is 2. The van der Waals surface area contributed by atoms with Gasteiger partial charge in [-0.25, -0.2) is 0 Å². The lowest BCUT2D eigenvalue weighted by Crippen LogP contribution is -2.24. The van der Waals surface area contributed by atoms with Crippen LogP contribution < -0.4 is 15.2 Å². The van der Waals surface area contributed by atoms with Crippen molar-refractivity contribution in [1.82, 2.24) is 0 Å². The van der Waals surface area contributed by atoms with Gasteiger partial charge < -0.3 is 20.3 Å². The molecule has 0 aromatic heterocycles. The van der Waals surface area contributed by atoms with Gasteiger partial charge in [-0.1, -0.05) is 6.07 Å². The first-order valence-electron chi connectivity index (χ1n) is 4.75. The highest BCUT2D eigenvalue weighted by molar-refractivity contribution is 5.43. The Kier molecular flexibility index (Phi) is 3.94. The molecule has 0 aliphatic heterocycles. The zero-order valence-electron chi connectivity index (χ0n) is 9.23. The molecule has 3 N–H and O–H groups in total. The quantitative estimate of drug-likeness (QED) is 0.782. The molecule has 0 saturated heterocycles. The fraction of sp³-hybridized carbons (Fsp3) is 0.455. The molecule has 0 saturated carbocycles. The largest absolute Gasteiger partial charge is 0.493 e. The Morgan fingerprint density at radius 2 is 1.80 bits per heavy atom. The smallest absolute Gasteiger partial charge is 0.161 e. The summed E-state index contributed by atoms with van der Waals surface area (Å²) in [7, 11) is 3.12. The topological polar surface area (TPSA) is 64.7 Å². The molecule has 0 aliphatic rings. The summed E-state index contributed by atoms with van der Waals surface area (Å²) < 4.78 is 10.2. The maximum absolute atomic E-state index is 9.76. The molecule has 1 aromatic carbocycles. The summed E-state index contributed by atoms with van der Waals surface area (Å²) in [5, 5.41) is 9.76. The summed E-state index contributed by atoms with van der Waals surface area (Å²) in [5.74, 6) is 1.23. The average Bonchev–Trinajstić information content (AvgIpc) is 2.26. The Balaban J connectivity index is 3.02. The Hall–Kier alpha value is -1.26. The lowest BCUT2D eigenvalue weighted by Gasteiger charge is -2.16. The van der Waals surface area contributed by atoms with Crippen LogP contribution in [-0.4, -0.2) is 25.4 Å². The number of ether oxygens (including phenoxy) is 2. The van der Waals surface area contributed by atoms with Gasteiger partial charge in [0.25, 0.3) is 0 Å². The van der Waals surface area contributed by atoms with Crippen molar-refractivity contribution in [3.8, 4) is 11.5 Å². The number of methoxy groups -OCH3 is 2. The number of rotatable bonds is 4. The van der Waals surface area contributed by atoms with E-state index in [4.69, 9.17) is 15.2 Å². The molecule has 15 heavy (non-hydrogen) atoms. The molecule has 0 fully saturated rings. The maximum Gasteiger partial charge on any atom is 0.161 e. The molecule has 2 atom stereocenters. The van der Waals surface area contributed by atoms with Gasteiger partial charge in [0, 0.05) is 6.04 Å². The van der Waals surface area contributed by atoms with Gasteiger partial charge in [-0.15, -0.1) is 0 Å². The van der Waals surface area contributed by atoms with Crippen molar-refractivity contribution in [2.45, 2.75) is 19.1 Å². The van der Waals surface area contributed by atoms with Crippen molar-refractivity contribution < 1.29 is 14.6 Å². The van der Waals surface area contributed by atoms with Gasteiger partial charge >= 0.3 is 0 Å². The molecule has 4 heteroatoms. The summed E-state index contributed by atoms with van der Waals surface area (Å²) in [5.41, 5.74) is 6.33. The predicted molar refractivity (Wildman–Crippen MR) is 58.2 cm³/mol. The molecule has 0 bridgehead atoms. The number of aliphatic hydroxyl groups is 1. The summed E-state index contributed by atoms with van der Waals surface area (Å²) in [6.45, 7) is 1.75. The van der Waals surface area contributed by atoms with E-state index >= 15 is 0 Å². The van der Waals surface area contributed by atoms with Crippen molar-refractivity contribution in [1.29, 1.82) is 0 Å². The fourth-order valence-corrected chi connectivity index (χ4v) is 1.34. The van der Waals surface area contributed by atoms with Crippen LogP contribution in [0, 0.1) is 0 Å². The Morgan fingerprint density at radius 3 is 2.27 bits per heavy atom. The van der Waals surface area contributed by atoms with E-state index < -0.39 is 6.10 Å². The van der Waals surface area contributed by atoms with E-state index in [1.807, 2.05) is 0 Å². The molecule has 84 valence electrons. The molecule has 1 rings (SSSR count). The van der Waals surface area contributed by atoms with E-state index in [-0.39, 0.29) is 6.04 Å². The monoisotopic (exact) mass is 211 g/mol. The normalized spacial score (nSPS) is 14.5. The minimum Gasteiger partial charge on any atom is -0.493 e. The van der Waals surface area contributed by atoms with Crippen LogP contribution in [-0.2, 0) is 0 Å². The van der Waals surface area contributed by atoms with Crippen molar-refractivity contribution in [3.63, 3.8) is 0 Å². The molecule has 0 aliphatic carbocycles. The van der Waals surface area contributed by atoms with E-state index in [0.29, 0.717) is 11.5 Å². The molecule has 1 aromatic rings. The van der Waals surface area contributed by atoms with Gasteiger partial charge in [0.15, 0.2) is 11.5 Å². The molecule has 4 nitrogen and oxygen atoms in total. The number of hydrogen-bond acceptors (Lipinski definition) is 4. The first kappa shape index (κ1) is 11.8. The maximum atomic E-state index is 9.76. The van der Waals surface area contributed by atoms with Gasteiger partial charge in [0.05, 0.1) is 20.3 Å². The summed E-state index contributed by atoms with van der Waals surface area (Å²) in [6.07, 6.45) is -0.690. The van der Waals surface area contributed by atoms with E-state index in [1.54, 1.807) is 39.3 Å². The molecule has 0 radical (unpaired) electrons. The van der Waals surface area contributed by atoms with Crippen molar-refractivity contribution >= 4 is 0 Å². The first-order chi connectivity index (χ1) is 7.10. The lowest BCUT2D eigenvalue weighted by molar-refractivity contribution is 0.153. The van der Waals surface area contributed by atoms with Gasteiger partial charge in [-0.2, -0.15) is 0 Å². The van der Waals surface area contributed by atoms with Gasteiger partial charge in [0.1, 0.15) is 0 Å². The molecule has 0 spiro atoms. The van der Waals surface area contributed by atoms with Crippen LogP contribution in [0.25, 0.3) is 0 Å². The minimum atomic E-state index is -0.690. The van der Waals surface area contributed by atoms with Crippen LogP contribution in [0.2, 0.25) is 0 Å². The third-order valence-electron chi connectivity index (χ3n) is 2.25. The third kappa shape index (κ3) is 2.61. The van der Waals surface area contributed by atoms with Crippen LogP contribution in [0.15, 0.2) is 18.2 Å². The summed E-state index contributed by atoms with van der Waals surface area (Å²) in [4.78, 5) is 0. The van der Waals surface area contributed by atoms with Crippen LogP contribution in [0.1, 0.15) is 18.6 Å². The van der Waals surface area contributed by atoms with E-state index in [0.717, 1.165) is 5.56 Å². The van der Waals surface area contributed by atoms with Crippen LogP contribution in [0.3, 0.4) is 0 Å². The minimum absolute atomic E-state index is 0.317. The lowest BCUT2D eigenvalue weighted by atomic mass is 10.0. The highest BCUT2D eigenvalue weighted by atomic mass is 16.5. The third-order valence-corrected chi connectivity index (χ3v) is 2.25. The van der Waals surface area contributed by atoms with Crippen molar-refractivity contribution in [2.75, 3.05) is 14.2 Å². The molecular weight excluding hydrogens is 194 g/mol. The Bertz CT molecular complexity index is 326. The SMILES string of the molecule is COc1ccc(C(O)C(C)N)cc1OC. The number of aliphatic hydroxyl groups excluding tert-OH is 1.